The van der Waals surface area contributed by atoms with Crippen LogP contribution in [-0.4, -0.2) is 12.5 Å². The largest absolute Gasteiger partial charge is 0.490 e. The Labute approximate surface area is 145 Å². The molecule has 0 aliphatic heterocycles. The zero-order valence-corrected chi connectivity index (χ0v) is 14.2. The molecule has 2 aromatic carbocycles. The lowest BCUT2D eigenvalue weighted by Crippen LogP contribution is -2.27. The van der Waals surface area contributed by atoms with Gasteiger partial charge in [-0.25, -0.2) is 4.79 Å². The summed E-state index contributed by atoms with van der Waals surface area (Å²) in [7, 11) is 0. The number of nitrogens with one attached hydrogen (secondary N) is 1. The van der Waals surface area contributed by atoms with Gasteiger partial charge in [0.15, 0.2) is 11.3 Å². The van der Waals surface area contributed by atoms with Crippen LogP contribution in [0.5, 0.6) is 5.75 Å². The third kappa shape index (κ3) is 3.71. The van der Waals surface area contributed by atoms with E-state index in [0.717, 1.165) is 11.1 Å². The SMILES string of the molecule is CCOc1cccc2cc(C(=O)NCc3ccc(C)cc3)c(=O)oc12. The summed E-state index contributed by atoms with van der Waals surface area (Å²) in [6, 6.07) is 14.7. The first-order valence-electron chi connectivity index (χ1n) is 8.12. The molecule has 0 saturated carbocycles. The van der Waals surface area contributed by atoms with Crippen molar-refractivity contribution in [3.63, 3.8) is 0 Å². The van der Waals surface area contributed by atoms with E-state index in [2.05, 4.69) is 5.32 Å². The molecule has 3 rings (SSSR count). The summed E-state index contributed by atoms with van der Waals surface area (Å²) in [5.41, 5.74) is 1.76. The fourth-order valence-corrected chi connectivity index (χ4v) is 2.53. The van der Waals surface area contributed by atoms with Gasteiger partial charge in [0, 0.05) is 11.9 Å². The van der Waals surface area contributed by atoms with E-state index in [0.29, 0.717) is 29.9 Å². The minimum atomic E-state index is -0.680. The van der Waals surface area contributed by atoms with Crippen LogP contribution in [0.4, 0.5) is 0 Å². The number of amides is 1. The molecule has 3 aromatic rings. The number of rotatable bonds is 5. The Morgan fingerprint density at radius 3 is 2.64 bits per heavy atom. The van der Waals surface area contributed by atoms with Crippen molar-refractivity contribution < 1.29 is 13.9 Å². The maximum atomic E-state index is 12.4. The van der Waals surface area contributed by atoms with Crippen molar-refractivity contribution in [1.82, 2.24) is 5.32 Å². The molecule has 0 unspecified atom stereocenters. The van der Waals surface area contributed by atoms with E-state index in [9.17, 15) is 9.59 Å². The fourth-order valence-electron chi connectivity index (χ4n) is 2.53. The van der Waals surface area contributed by atoms with Crippen molar-refractivity contribution in [3.8, 4) is 5.75 Å². The number of aryl methyl sites for hydroxylation is 1. The number of fused-ring (bicyclic) bond motifs is 1. The average Bonchev–Trinajstić information content (AvgIpc) is 2.61. The van der Waals surface area contributed by atoms with Crippen LogP contribution < -0.4 is 15.7 Å². The highest BCUT2D eigenvalue weighted by Crippen LogP contribution is 2.24. The molecular formula is C20H19NO4. The Kier molecular flexibility index (Phi) is 4.84. The second kappa shape index (κ2) is 7.21. The van der Waals surface area contributed by atoms with E-state index >= 15 is 0 Å². The van der Waals surface area contributed by atoms with Gasteiger partial charge in [-0.1, -0.05) is 42.0 Å². The Morgan fingerprint density at radius 1 is 1.16 bits per heavy atom. The molecule has 0 bridgehead atoms. The van der Waals surface area contributed by atoms with Gasteiger partial charge in [-0.3, -0.25) is 4.79 Å². The first-order valence-corrected chi connectivity index (χ1v) is 8.12. The fraction of sp³-hybridized carbons (Fsp3) is 0.200. The van der Waals surface area contributed by atoms with Crippen LogP contribution in [0.25, 0.3) is 11.0 Å². The van der Waals surface area contributed by atoms with E-state index in [-0.39, 0.29) is 5.56 Å². The molecular weight excluding hydrogens is 318 g/mol. The van der Waals surface area contributed by atoms with Crippen molar-refractivity contribution in [2.24, 2.45) is 0 Å². The monoisotopic (exact) mass is 337 g/mol. The smallest absolute Gasteiger partial charge is 0.349 e. The van der Waals surface area contributed by atoms with Crippen molar-refractivity contribution in [2.75, 3.05) is 6.61 Å². The summed E-state index contributed by atoms with van der Waals surface area (Å²) in [6.45, 7) is 4.65. The van der Waals surface area contributed by atoms with E-state index < -0.39 is 11.5 Å². The second-order valence-corrected chi connectivity index (χ2v) is 5.72. The number of carbonyl (C=O) groups excluding carboxylic acids is 1. The molecule has 1 N–H and O–H groups in total. The number of para-hydroxylation sites is 1. The summed E-state index contributed by atoms with van der Waals surface area (Å²) in [5.74, 6) is 0.0294. The number of benzene rings is 2. The van der Waals surface area contributed by atoms with Crippen LogP contribution in [0.15, 0.2) is 57.7 Å². The summed E-state index contributed by atoms with van der Waals surface area (Å²) < 4.78 is 10.8. The zero-order valence-electron chi connectivity index (χ0n) is 14.2. The zero-order chi connectivity index (χ0) is 17.8. The first-order chi connectivity index (χ1) is 12.1. The topological polar surface area (TPSA) is 68.5 Å². The lowest BCUT2D eigenvalue weighted by molar-refractivity contribution is 0.0947. The summed E-state index contributed by atoms with van der Waals surface area (Å²) >= 11 is 0. The predicted octanol–water partition coefficient (Wildman–Crippen LogP) is 3.43. The normalized spacial score (nSPS) is 10.6. The summed E-state index contributed by atoms with van der Waals surface area (Å²) in [5, 5.41) is 3.39. The molecule has 0 aliphatic rings. The van der Waals surface area contributed by atoms with E-state index in [1.807, 2.05) is 38.1 Å². The molecule has 5 nitrogen and oxygen atoms in total. The highest BCUT2D eigenvalue weighted by molar-refractivity contribution is 5.97. The van der Waals surface area contributed by atoms with Crippen LogP contribution in [0.2, 0.25) is 0 Å². The highest BCUT2D eigenvalue weighted by atomic mass is 16.5. The first kappa shape index (κ1) is 16.8. The van der Waals surface area contributed by atoms with Crippen LogP contribution in [0.3, 0.4) is 0 Å². The minimum Gasteiger partial charge on any atom is -0.490 e. The number of carbonyl (C=O) groups is 1. The molecule has 128 valence electrons. The molecule has 0 atom stereocenters. The van der Waals surface area contributed by atoms with Crippen molar-refractivity contribution in [3.05, 3.63) is 75.6 Å². The molecule has 5 heteroatoms. The van der Waals surface area contributed by atoms with E-state index in [1.54, 1.807) is 18.2 Å². The molecule has 0 fully saturated rings. The Balaban J connectivity index is 1.85. The quantitative estimate of drug-likeness (QED) is 0.724. The molecule has 25 heavy (non-hydrogen) atoms. The van der Waals surface area contributed by atoms with Gasteiger partial charge in [0.1, 0.15) is 5.56 Å². The predicted molar refractivity (Wildman–Crippen MR) is 96.0 cm³/mol. The summed E-state index contributed by atoms with van der Waals surface area (Å²) in [6.07, 6.45) is 0. The highest BCUT2D eigenvalue weighted by Gasteiger charge is 2.15. The average molecular weight is 337 g/mol. The summed E-state index contributed by atoms with van der Waals surface area (Å²) in [4.78, 5) is 24.6. The molecule has 1 aromatic heterocycles. The van der Waals surface area contributed by atoms with Crippen LogP contribution in [-0.2, 0) is 6.54 Å². The van der Waals surface area contributed by atoms with Gasteiger partial charge in [-0.15, -0.1) is 0 Å². The molecule has 1 amide bonds. The Hall–Kier alpha value is -3.08. The van der Waals surface area contributed by atoms with Crippen LogP contribution in [0, 0.1) is 6.92 Å². The second-order valence-electron chi connectivity index (χ2n) is 5.72. The van der Waals surface area contributed by atoms with Gasteiger partial charge in [0.05, 0.1) is 6.61 Å². The maximum Gasteiger partial charge on any atom is 0.349 e. The van der Waals surface area contributed by atoms with Gasteiger partial charge in [0.25, 0.3) is 5.91 Å². The lowest BCUT2D eigenvalue weighted by Gasteiger charge is -2.08. The van der Waals surface area contributed by atoms with Crippen LogP contribution in [0.1, 0.15) is 28.4 Å². The van der Waals surface area contributed by atoms with Gasteiger partial charge in [-0.05, 0) is 31.5 Å². The van der Waals surface area contributed by atoms with Gasteiger partial charge in [-0.2, -0.15) is 0 Å². The maximum absolute atomic E-state index is 12.4. The minimum absolute atomic E-state index is 0.0201. The molecule has 0 aliphatic carbocycles. The van der Waals surface area contributed by atoms with Crippen LogP contribution >= 0.6 is 0 Å². The van der Waals surface area contributed by atoms with E-state index in [1.165, 1.54) is 6.07 Å². The molecule has 0 spiro atoms. The molecule has 1 heterocycles. The third-order valence-electron chi connectivity index (χ3n) is 3.84. The Morgan fingerprint density at radius 2 is 1.92 bits per heavy atom. The lowest BCUT2D eigenvalue weighted by atomic mass is 10.1. The van der Waals surface area contributed by atoms with E-state index in [4.69, 9.17) is 9.15 Å². The number of ether oxygens (including phenoxy) is 1. The number of hydrogen-bond acceptors (Lipinski definition) is 4. The van der Waals surface area contributed by atoms with Gasteiger partial charge in [0.2, 0.25) is 0 Å². The standard InChI is InChI=1S/C20H19NO4/c1-3-24-17-6-4-5-15-11-16(20(23)25-18(15)17)19(22)21-12-14-9-7-13(2)8-10-14/h4-11H,3,12H2,1-2H3,(H,21,22). The van der Waals surface area contributed by atoms with Crippen molar-refractivity contribution >= 4 is 16.9 Å². The Bertz CT molecular complexity index is 958. The molecule has 0 radical (unpaired) electrons. The number of hydrogen-bond donors (Lipinski definition) is 1. The molecule has 0 saturated heterocycles. The van der Waals surface area contributed by atoms with Gasteiger partial charge < -0.3 is 14.5 Å². The van der Waals surface area contributed by atoms with Crippen molar-refractivity contribution in [2.45, 2.75) is 20.4 Å². The third-order valence-corrected chi connectivity index (χ3v) is 3.84. The van der Waals surface area contributed by atoms with Crippen molar-refractivity contribution in [1.29, 1.82) is 0 Å². The van der Waals surface area contributed by atoms with Gasteiger partial charge >= 0.3 is 5.63 Å².